The Labute approximate surface area is 147 Å². The zero-order chi connectivity index (χ0) is 17.3. The number of carbonyl (C=O) groups is 1. The summed E-state index contributed by atoms with van der Waals surface area (Å²) in [7, 11) is 0. The number of anilines is 1. The number of fused-ring (bicyclic) bond motifs is 1. The molecule has 0 aliphatic heterocycles. The van der Waals surface area contributed by atoms with Crippen LogP contribution in [0.4, 0.5) is 5.00 Å². The van der Waals surface area contributed by atoms with Gasteiger partial charge in [-0.05, 0) is 55.7 Å². The molecule has 3 nitrogen and oxygen atoms in total. The van der Waals surface area contributed by atoms with E-state index in [1.807, 2.05) is 19.9 Å². The monoisotopic (exact) mass is 338 g/mol. The van der Waals surface area contributed by atoms with Gasteiger partial charge in [0.1, 0.15) is 11.1 Å². The number of nitrogens with one attached hydrogen (secondary N) is 1. The van der Waals surface area contributed by atoms with Crippen LogP contribution in [0.2, 0.25) is 0 Å². The molecule has 1 aromatic carbocycles. The molecule has 24 heavy (non-hydrogen) atoms. The first-order valence-corrected chi connectivity index (χ1v) is 9.20. The van der Waals surface area contributed by atoms with Crippen LogP contribution in [0.25, 0.3) is 0 Å². The second-order valence-corrected chi connectivity index (χ2v) is 7.93. The Morgan fingerprint density at radius 1 is 1.42 bits per heavy atom. The van der Waals surface area contributed by atoms with Gasteiger partial charge in [0.15, 0.2) is 0 Å². The molecule has 1 amide bonds. The van der Waals surface area contributed by atoms with E-state index in [1.54, 1.807) is 11.3 Å². The lowest BCUT2D eigenvalue weighted by Gasteiger charge is -2.17. The highest BCUT2D eigenvalue weighted by Gasteiger charge is 2.24. The van der Waals surface area contributed by atoms with Gasteiger partial charge in [-0.15, -0.1) is 11.3 Å². The normalized spacial score (nSPS) is 16.3. The lowest BCUT2D eigenvalue weighted by atomic mass is 9.88. The van der Waals surface area contributed by atoms with Gasteiger partial charge in [-0.1, -0.05) is 30.7 Å². The zero-order valence-corrected chi connectivity index (χ0v) is 15.2. The van der Waals surface area contributed by atoms with E-state index >= 15 is 0 Å². The molecule has 1 aliphatic carbocycles. The Morgan fingerprint density at radius 2 is 2.21 bits per heavy atom. The molecule has 3 rings (SSSR count). The number of nitrogens with zero attached hydrogens (tertiary/aromatic N) is 1. The van der Waals surface area contributed by atoms with Gasteiger partial charge >= 0.3 is 0 Å². The number of thiophene rings is 1. The molecule has 1 heterocycles. The largest absolute Gasteiger partial charge is 0.316 e. The van der Waals surface area contributed by atoms with E-state index in [1.165, 1.54) is 4.88 Å². The minimum atomic E-state index is -0.0492. The summed E-state index contributed by atoms with van der Waals surface area (Å²) < 4.78 is 0. The Bertz CT molecular complexity index is 829. The van der Waals surface area contributed by atoms with Crippen molar-refractivity contribution in [2.24, 2.45) is 5.92 Å². The summed E-state index contributed by atoms with van der Waals surface area (Å²) in [5.41, 5.74) is 5.15. The first-order chi connectivity index (χ1) is 11.5. The standard InChI is InChI=1S/C20H22N2OS/c1-12-4-6-14(3)15(8-12)10-19(23)22-20-17(11-21)16-7-5-13(2)9-18(16)24-20/h4,6,8,13H,5,7,9-10H2,1-3H3,(H,22,23). The van der Waals surface area contributed by atoms with Gasteiger partial charge in [0.25, 0.3) is 0 Å². The summed E-state index contributed by atoms with van der Waals surface area (Å²) in [5.74, 6) is 0.605. The fourth-order valence-electron chi connectivity index (χ4n) is 3.29. The highest BCUT2D eigenvalue weighted by atomic mass is 32.1. The number of rotatable bonds is 3. The van der Waals surface area contributed by atoms with Crippen LogP contribution in [-0.4, -0.2) is 5.91 Å². The first-order valence-electron chi connectivity index (χ1n) is 8.38. The number of carbonyl (C=O) groups excluding carboxylic acids is 1. The average molecular weight is 338 g/mol. The molecule has 1 unspecified atom stereocenters. The summed E-state index contributed by atoms with van der Waals surface area (Å²) in [6.07, 6.45) is 3.43. The molecule has 0 saturated heterocycles. The maximum Gasteiger partial charge on any atom is 0.229 e. The third-order valence-corrected chi connectivity index (χ3v) is 5.90. The predicted octanol–water partition coefficient (Wildman–Crippen LogP) is 4.54. The van der Waals surface area contributed by atoms with E-state index in [0.29, 0.717) is 17.9 Å². The molecule has 0 bridgehead atoms. The van der Waals surface area contributed by atoms with Crippen molar-refractivity contribution in [1.29, 1.82) is 5.26 Å². The van der Waals surface area contributed by atoms with Crippen molar-refractivity contribution in [2.75, 3.05) is 5.32 Å². The van der Waals surface area contributed by atoms with Crippen LogP contribution < -0.4 is 5.32 Å². The minimum Gasteiger partial charge on any atom is -0.316 e. The van der Waals surface area contributed by atoms with Crippen molar-refractivity contribution in [3.63, 3.8) is 0 Å². The maximum atomic E-state index is 12.5. The molecule has 1 N–H and O–H groups in total. The second-order valence-electron chi connectivity index (χ2n) is 6.82. The highest BCUT2D eigenvalue weighted by Crippen LogP contribution is 2.39. The van der Waals surface area contributed by atoms with Crippen LogP contribution in [0, 0.1) is 31.1 Å². The zero-order valence-electron chi connectivity index (χ0n) is 14.4. The van der Waals surface area contributed by atoms with E-state index in [9.17, 15) is 10.1 Å². The quantitative estimate of drug-likeness (QED) is 0.893. The van der Waals surface area contributed by atoms with Gasteiger partial charge < -0.3 is 5.32 Å². The number of hydrogen-bond donors (Lipinski definition) is 1. The first kappa shape index (κ1) is 16.7. The maximum absolute atomic E-state index is 12.5. The van der Waals surface area contributed by atoms with Crippen LogP contribution >= 0.6 is 11.3 Å². The number of benzene rings is 1. The van der Waals surface area contributed by atoms with E-state index in [2.05, 4.69) is 30.4 Å². The van der Waals surface area contributed by atoms with Crippen molar-refractivity contribution < 1.29 is 4.79 Å². The molecule has 4 heteroatoms. The van der Waals surface area contributed by atoms with Crippen molar-refractivity contribution >= 4 is 22.2 Å². The van der Waals surface area contributed by atoms with Crippen LogP contribution in [0.5, 0.6) is 0 Å². The molecule has 0 saturated carbocycles. The van der Waals surface area contributed by atoms with Gasteiger partial charge in [0, 0.05) is 4.88 Å². The van der Waals surface area contributed by atoms with Crippen molar-refractivity contribution in [3.05, 3.63) is 50.9 Å². The molecular formula is C20H22N2OS. The number of hydrogen-bond acceptors (Lipinski definition) is 3. The molecule has 0 fully saturated rings. The SMILES string of the molecule is Cc1ccc(C)c(CC(=O)Nc2sc3c(c2C#N)CCC(C)C3)c1. The third-order valence-electron chi connectivity index (χ3n) is 4.73. The topological polar surface area (TPSA) is 52.9 Å². The van der Waals surface area contributed by atoms with Crippen LogP contribution in [0.3, 0.4) is 0 Å². The van der Waals surface area contributed by atoms with E-state index in [4.69, 9.17) is 0 Å². The van der Waals surface area contributed by atoms with Gasteiger partial charge in [-0.2, -0.15) is 5.26 Å². The lowest BCUT2D eigenvalue weighted by Crippen LogP contribution is -2.15. The van der Waals surface area contributed by atoms with Crippen LogP contribution in [0.15, 0.2) is 18.2 Å². The Kier molecular flexibility index (Phi) is 4.73. The van der Waals surface area contributed by atoms with Crippen molar-refractivity contribution in [1.82, 2.24) is 0 Å². The molecular weight excluding hydrogens is 316 g/mol. The molecule has 1 aliphatic rings. The molecule has 1 aromatic heterocycles. The second kappa shape index (κ2) is 6.78. The number of amides is 1. The van der Waals surface area contributed by atoms with Crippen molar-refractivity contribution in [3.8, 4) is 6.07 Å². The van der Waals surface area contributed by atoms with Gasteiger partial charge in [-0.25, -0.2) is 0 Å². The van der Waals surface area contributed by atoms with Crippen LogP contribution in [0.1, 0.15) is 46.0 Å². The van der Waals surface area contributed by atoms with E-state index < -0.39 is 0 Å². The number of nitriles is 1. The summed E-state index contributed by atoms with van der Waals surface area (Å²) >= 11 is 1.58. The highest BCUT2D eigenvalue weighted by molar-refractivity contribution is 7.16. The lowest BCUT2D eigenvalue weighted by molar-refractivity contribution is -0.115. The van der Waals surface area contributed by atoms with E-state index in [0.717, 1.165) is 46.5 Å². The Balaban J connectivity index is 1.80. The fraction of sp³-hybridized carbons (Fsp3) is 0.400. The average Bonchev–Trinajstić information content (AvgIpc) is 2.86. The molecule has 2 aromatic rings. The molecule has 0 radical (unpaired) electrons. The van der Waals surface area contributed by atoms with Crippen molar-refractivity contribution in [2.45, 2.75) is 46.5 Å². The smallest absolute Gasteiger partial charge is 0.229 e. The Morgan fingerprint density at radius 3 is 2.96 bits per heavy atom. The van der Waals surface area contributed by atoms with Crippen LogP contribution in [-0.2, 0) is 24.1 Å². The summed E-state index contributed by atoms with van der Waals surface area (Å²) in [6.45, 7) is 6.30. The molecule has 124 valence electrons. The third kappa shape index (κ3) is 3.37. The van der Waals surface area contributed by atoms with E-state index in [-0.39, 0.29) is 5.91 Å². The minimum absolute atomic E-state index is 0.0492. The molecule has 1 atom stereocenters. The predicted molar refractivity (Wildman–Crippen MR) is 98.5 cm³/mol. The summed E-state index contributed by atoms with van der Waals surface area (Å²) in [6, 6.07) is 8.46. The van der Waals surface area contributed by atoms with Gasteiger partial charge in [-0.3, -0.25) is 4.79 Å². The molecule has 0 spiro atoms. The summed E-state index contributed by atoms with van der Waals surface area (Å²) in [5, 5.41) is 13.2. The fourth-order valence-corrected chi connectivity index (χ4v) is 4.67. The van der Waals surface area contributed by atoms with Gasteiger partial charge in [0.2, 0.25) is 5.91 Å². The summed E-state index contributed by atoms with van der Waals surface area (Å²) in [4.78, 5) is 13.7. The number of aryl methyl sites for hydroxylation is 2. The van der Waals surface area contributed by atoms with Gasteiger partial charge in [0.05, 0.1) is 12.0 Å². The Hall–Kier alpha value is -2.12.